The predicted molar refractivity (Wildman–Crippen MR) is 82.3 cm³/mol. The van der Waals surface area contributed by atoms with Crippen molar-refractivity contribution < 1.29 is 9.90 Å². The van der Waals surface area contributed by atoms with Crippen LogP contribution in [0, 0.1) is 0 Å². The molecule has 0 spiro atoms. The molecule has 21 heavy (non-hydrogen) atoms. The molecule has 2 aliphatic heterocycles. The molecule has 2 bridgehead atoms. The minimum atomic E-state index is -0.268. The summed E-state index contributed by atoms with van der Waals surface area (Å²) in [5, 5.41) is 10.8. The van der Waals surface area contributed by atoms with Gasteiger partial charge in [-0.1, -0.05) is 0 Å². The van der Waals surface area contributed by atoms with Gasteiger partial charge in [0.15, 0.2) is 0 Å². The van der Waals surface area contributed by atoms with E-state index in [1.165, 1.54) is 11.3 Å². The standard InChI is InChI=1S/C15H17N3O2S/c16-13-11-3-4-17-7-12(11)21-14(13)15(20)18-8-1-2-9(18)6-10(19)5-8/h3-4,7-10,19H,1-2,5-6,16H2. The van der Waals surface area contributed by atoms with E-state index in [1.807, 2.05) is 11.0 Å². The molecule has 1 amide bonds. The second kappa shape index (κ2) is 4.68. The summed E-state index contributed by atoms with van der Waals surface area (Å²) in [6.07, 6.45) is 6.53. The Hall–Kier alpha value is -1.66. The molecule has 4 rings (SSSR count). The molecule has 2 aromatic heterocycles. The molecule has 0 radical (unpaired) electrons. The fourth-order valence-electron chi connectivity index (χ4n) is 3.73. The number of rotatable bonds is 1. The van der Waals surface area contributed by atoms with Crippen LogP contribution in [-0.4, -0.2) is 39.1 Å². The minimum absolute atomic E-state index is 0.0214. The number of fused-ring (bicyclic) bond motifs is 3. The third-order valence-electron chi connectivity index (χ3n) is 4.67. The van der Waals surface area contributed by atoms with Gasteiger partial charge in [-0.05, 0) is 31.7 Å². The molecular formula is C15H17N3O2S. The SMILES string of the molecule is Nc1c(C(=O)N2C3CCC2CC(O)C3)sc2cnccc12. The predicted octanol–water partition coefficient (Wildman–Crippen LogP) is 2.01. The van der Waals surface area contributed by atoms with Gasteiger partial charge in [0.1, 0.15) is 4.88 Å². The number of carbonyl (C=O) groups is 1. The number of thiophene rings is 1. The lowest BCUT2D eigenvalue weighted by Gasteiger charge is -2.37. The van der Waals surface area contributed by atoms with Crippen LogP contribution in [0.2, 0.25) is 0 Å². The van der Waals surface area contributed by atoms with Crippen molar-refractivity contribution in [2.75, 3.05) is 5.73 Å². The summed E-state index contributed by atoms with van der Waals surface area (Å²) in [7, 11) is 0. The number of hydrogen-bond acceptors (Lipinski definition) is 5. The summed E-state index contributed by atoms with van der Waals surface area (Å²) in [5.74, 6) is 0.0214. The lowest BCUT2D eigenvalue weighted by molar-refractivity contribution is 0.0291. The van der Waals surface area contributed by atoms with Crippen LogP contribution in [-0.2, 0) is 0 Å². The van der Waals surface area contributed by atoms with Gasteiger partial charge in [-0.15, -0.1) is 11.3 Å². The topological polar surface area (TPSA) is 79.5 Å². The molecule has 2 aliphatic rings. The number of nitrogens with zero attached hydrogens (tertiary/aromatic N) is 2. The van der Waals surface area contributed by atoms with Crippen molar-refractivity contribution in [1.29, 1.82) is 0 Å². The monoisotopic (exact) mass is 303 g/mol. The van der Waals surface area contributed by atoms with Gasteiger partial charge in [0.25, 0.3) is 5.91 Å². The first-order chi connectivity index (χ1) is 10.1. The van der Waals surface area contributed by atoms with Gasteiger partial charge >= 0.3 is 0 Å². The third-order valence-corrected chi connectivity index (χ3v) is 5.81. The zero-order valence-corrected chi connectivity index (χ0v) is 12.3. The van der Waals surface area contributed by atoms with E-state index >= 15 is 0 Å². The van der Waals surface area contributed by atoms with Crippen LogP contribution in [0.15, 0.2) is 18.5 Å². The second-order valence-electron chi connectivity index (χ2n) is 5.94. The summed E-state index contributed by atoms with van der Waals surface area (Å²) < 4.78 is 0.947. The van der Waals surface area contributed by atoms with Crippen molar-refractivity contribution in [2.45, 2.75) is 43.9 Å². The van der Waals surface area contributed by atoms with E-state index in [0.717, 1.165) is 22.9 Å². The van der Waals surface area contributed by atoms with Crippen LogP contribution in [0.25, 0.3) is 10.1 Å². The maximum absolute atomic E-state index is 12.9. The summed E-state index contributed by atoms with van der Waals surface area (Å²) in [5.41, 5.74) is 6.73. The lowest BCUT2D eigenvalue weighted by Crippen LogP contribution is -2.47. The zero-order chi connectivity index (χ0) is 14.6. The Balaban J connectivity index is 1.72. The first-order valence-electron chi connectivity index (χ1n) is 7.28. The number of nitrogens with two attached hydrogens (primary N) is 1. The zero-order valence-electron chi connectivity index (χ0n) is 11.5. The molecular weight excluding hydrogens is 286 g/mol. The number of carbonyl (C=O) groups excluding carboxylic acids is 1. The lowest BCUT2D eigenvalue weighted by atomic mass is 9.99. The highest BCUT2D eigenvalue weighted by Gasteiger charge is 2.43. The average molecular weight is 303 g/mol. The number of pyridine rings is 1. The van der Waals surface area contributed by atoms with Gasteiger partial charge in [0.05, 0.1) is 16.5 Å². The summed E-state index contributed by atoms with van der Waals surface area (Å²) in [6.45, 7) is 0. The van der Waals surface area contributed by atoms with E-state index in [0.29, 0.717) is 23.4 Å². The van der Waals surface area contributed by atoms with E-state index in [1.54, 1.807) is 12.4 Å². The number of aliphatic hydroxyl groups excluding tert-OH is 1. The Labute approximate surface area is 126 Å². The summed E-state index contributed by atoms with van der Waals surface area (Å²) in [4.78, 5) is 19.6. The van der Waals surface area contributed by atoms with Crippen molar-refractivity contribution in [3.8, 4) is 0 Å². The molecule has 0 saturated carbocycles. The fraction of sp³-hybridized carbons (Fsp3) is 0.467. The number of aliphatic hydroxyl groups is 1. The molecule has 2 saturated heterocycles. The molecule has 2 fully saturated rings. The fourth-order valence-corrected chi connectivity index (χ4v) is 4.76. The highest BCUT2D eigenvalue weighted by Crippen LogP contribution is 2.40. The second-order valence-corrected chi connectivity index (χ2v) is 6.99. The van der Waals surface area contributed by atoms with E-state index in [-0.39, 0.29) is 24.1 Å². The quantitative estimate of drug-likeness (QED) is 0.844. The van der Waals surface area contributed by atoms with Gasteiger partial charge in [-0.3, -0.25) is 9.78 Å². The number of hydrogen-bond donors (Lipinski definition) is 2. The van der Waals surface area contributed by atoms with E-state index < -0.39 is 0 Å². The van der Waals surface area contributed by atoms with Crippen molar-refractivity contribution in [3.05, 3.63) is 23.3 Å². The molecule has 3 N–H and O–H groups in total. The molecule has 2 aromatic rings. The number of piperidine rings is 1. The summed E-state index contributed by atoms with van der Waals surface area (Å²) in [6, 6.07) is 2.18. The molecule has 2 atom stereocenters. The van der Waals surface area contributed by atoms with Crippen LogP contribution < -0.4 is 5.73 Å². The van der Waals surface area contributed by atoms with Crippen LogP contribution in [0.3, 0.4) is 0 Å². The first kappa shape index (κ1) is 13.0. The van der Waals surface area contributed by atoms with Crippen LogP contribution in [0.4, 0.5) is 5.69 Å². The highest BCUT2D eigenvalue weighted by atomic mass is 32.1. The molecule has 110 valence electrons. The normalized spacial score (nSPS) is 28.2. The smallest absolute Gasteiger partial charge is 0.266 e. The summed E-state index contributed by atoms with van der Waals surface area (Å²) >= 11 is 1.42. The Morgan fingerprint density at radius 2 is 2.10 bits per heavy atom. The molecule has 0 aromatic carbocycles. The molecule has 5 nitrogen and oxygen atoms in total. The molecule has 6 heteroatoms. The highest BCUT2D eigenvalue weighted by molar-refractivity contribution is 7.21. The number of anilines is 1. The van der Waals surface area contributed by atoms with Crippen molar-refractivity contribution in [2.24, 2.45) is 0 Å². The van der Waals surface area contributed by atoms with Crippen molar-refractivity contribution >= 4 is 33.0 Å². The first-order valence-corrected chi connectivity index (χ1v) is 8.09. The van der Waals surface area contributed by atoms with Crippen molar-refractivity contribution in [1.82, 2.24) is 9.88 Å². The van der Waals surface area contributed by atoms with Crippen molar-refractivity contribution in [3.63, 3.8) is 0 Å². The van der Waals surface area contributed by atoms with Gasteiger partial charge in [-0.25, -0.2) is 0 Å². The van der Waals surface area contributed by atoms with Gasteiger partial charge in [-0.2, -0.15) is 0 Å². The van der Waals surface area contributed by atoms with Crippen LogP contribution in [0.5, 0.6) is 0 Å². The van der Waals surface area contributed by atoms with Gasteiger partial charge in [0, 0.05) is 29.9 Å². The third kappa shape index (κ3) is 1.93. The number of aromatic nitrogens is 1. The van der Waals surface area contributed by atoms with Crippen LogP contribution >= 0.6 is 11.3 Å². The Kier molecular flexibility index (Phi) is 2.90. The number of amides is 1. The van der Waals surface area contributed by atoms with Gasteiger partial charge < -0.3 is 15.7 Å². The van der Waals surface area contributed by atoms with Crippen LogP contribution in [0.1, 0.15) is 35.4 Å². The minimum Gasteiger partial charge on any atom is -0.397 e. The van der Waals surface area contributed by atoms with E-state index in [2.05, 4.69) is 4.98 Å². The average Bonchev–Trinajstić information content (AvgIpc) is 2.95. The maximum atomic E-state index is 12.9. The van der Waals surface area contributed by atoms with E-state index in [9.17, 15) is 9.90 Å². The van der Waals surface area contributed by atoms with Gasteiger partial charge in [0.2, 0.25) is 0 Å². The maximum Gasteiger partial charge on any atom is 0.266 e. The Morgan fingerprint density at radius 3 is 2.76 bits per heavy atom. The number of nitrogen functional groups attached to an aromatic ring is 1. The molecule has 2 unspecified atom stereocenters. The Morgan fingerprint density at radius 1 is 1.38 bits per heavy atom. The Bertz CT molecular complexity index is 700. The largest absolute Gasteiger partial charge is 0.397 e. The van der Waals surface area contributed by atoms with E-state index in [4.69, 9.17) is 5.73 Å². The molecule has 0 aliphatic carbocycles. The molecule has 4 heterocycles.